The average Bonchev–Trinajstić information content (AvgIpc) is 2.39. The third-order valence-corrected chi connectivity index (χ3v) is 4.34. The zero-order chi connectivity index (χ0) is 14.6. The molecule has 0 amide bonds. The Morgan fingerprint density at radius 1 is 1.30 bits per heavy atom. The first kappa shape index (κ1) is 15.4. The SMILES string of the molecule is CCOc1ccc(C2(O)CCCC(CC(C)C)C2)cc1. The van der Waals surface area contributed by atoms with Crippen molar-refractivity contribution in [2.45, 2.75) is 58.5 Å². The van der Waals surface area contributed by atoms with Crippen LogP contribution in [0.3, 0.4) is 0 Å². The fourth-order valence-corrected chi connectivity index (χ4v) is 3.52. The molecule has 1 N–H and O–H groups in total. The van der Waals surface area contributed by atoms with Crippen molar-refractivity contribution in [1.82, 2.24) is 0 Å². The van der Waals surface area contributed by atoms with E-state index in [1.807, 2.05) is 31.2 Å². The van der Waals surface area contributed by atoms with Gasteiger partial charge in [-0.3, -0.25) is 0 Å². The Morgan fingerprint density at radius 3 is 2.60 bits per heavy atom. The highest BCUT2D eigenvalue weighted by atomic mass is 16.5. The van der Waals surface area contributed by atoms with Gasteiger partial charge in [-0.15, -0.1) is 0 Å². The van der Waals surface area contributed by atoms with Gasteiger partial charge in [-0.05, 0) is 62.1 Å². The summed E-state index contributed by atoms with van der Waals surface area (Å²) in [6.45, 7) is 7.20. The first-order valence-electron chi connectivity index (χ1n) is 7.99. The summed E-state index contributed by atoms with van der Waals surface area (Å²) in [6.07, 6.45) is 5.40. The summed E-state index contributed by atoms with van der Waals surface area (Å²) in [4.78, 5) is 0. The van der Waals surface area contributed by atoms with Gasteiger partial charge in [0.05, 0.1) is 12.2 Å². The van der Waals surface area contributed by atoms with Crippen molar-refractivity contribution < 1.29 is 9.84 Å². The van der Waals surface area contributed by atoms with E-state index in [0.717, 1.165) is 30.6 Å². The lowest BCUT2D eigenvalue weighted by Gasteiger charge is -2.38. The number of hydrogen-bond acceptors (Lipinski definition) is 2. The minimum atomic E-state index is -0.636. The van der Waals surface area contributed by atoms with Crippen molar-refractivity contribution in [3.05, 3.63) is 29.8 Å². The van der Waals surface area contributed by atoms with Gasteiger partial charge >= 0.3 is 0 Å². The molecule has 2 heteroatoms. The van der Waals surface area contributed by atoms with E-state index in [2.05, 4.69) is 13.8 Å². The molecule has 1 saturated carbocycles. The molecule has 2 nitrogen and oxygen atoms in total. The summed E-state index contributed by atoms with van der Waals surface area (Å²) in [7, 11) is 0. The molecular weight excluding hydrogens is 248 g/mol. The molecule has 2 unspecified atom stereocenters. The van der Waals surface area contributed by atoms with Gasteiger partial charge in [0.2, 0.25) is 0 Å². The van der Waals surface area contributed by atoms with Crippen LogP contribution in [0.5, 0.6) is 5.75 Å². The summed E-state index contributed by atoms with van der Waals surface area (Å²) in [5.41, 5.74) is 0.414. The van der Waals surface area contributed by atoms with E-state index in [0.29, 0.717) is 18.4 Å². The quantitative estimate of drug-likeness (QED) is 0.857. The molecule has 0 saturated heterocycles. The molecule has 0 aromatic heterocycles. The number of hydrogen-bond donors (Lipinski definition) is 1. The Kier molecular flexibility index (Phi) is 5.09. The Bertz CT molecular complexity index is 410. The lowest BCUT2D eigenvalue weighted by atomic mass is 9.72. The molecule has 0 heterocycles. The maximum Gasteiger partial charge on any atom is 0.119 e. The molecule has 2 rings (SSSR count). The standard InChI is InChI=1S/C18H28O2/c1-4-20-17-9-7-16(8-10-17)18(19)11-5-6-15(13-18)12-14(2)3/h7-10,14-15,19H,4-6,11-13H2,1-3H3. The fraction of sp³-hybridized carbons (Fsp3) is 0.667. The third-order valence-electron chi connectivity index (χ3n) is 4.34. The van der Waals surface area contributed by atoms with Crippen molar-refractivity contribution in [3.63, 3.8) is 0 Å². The predicted molar refractivity (Wildman–Crippen MR) is 82.9 cm³/mol. The zero-order valence-electron chi connectivity index (χ0n) is 13.1. The van der Waals surface area contributed by atoms with Crippen molar-refractivity contribution in [3.8, 4) is 5.75 Å². The zero-order valence-corrected chi connectivity index (χ0v) is 13.1. The van der Waals surface area contributed by atoms with Crippen LogP contribution in [0.2, 0.25) is 0 Å². The molecule has 1 aliphatic carbocycles. The molecule has 1 aromatic rings. The molecule has 1 fully saturated rings. The van der Waals surface area contributed by atoms with Crippen molar-refractivity contribution in [2.24, 2.45) is 11.8 Å². The minimum Gasteiger partial charge on any atom is -0.494 e. The van der Waals surface area contributed by atoms with Gasteiger partial charge in [-0.25, -0.2) is 0 Å². The molecule has 0 spiro atoms. The topological polar surface area (TPSA) is 29.5 Å². The second-order valence-electron chi connectivity index (χ2n) is 6.58. The second kappa shape index (κ2) is 6.62. The number of ether oxygens (including phenoxy) is 1. The van der Waals surface area contributed by atoms with Gasteiger partial charge in [0, 0.05) is 0 Å². The van der Waals surface area contributed by atoms with Crippen LogP contribution in [0.4, 0.5) is 0 Å². The van der Waals surface area contributed by atoms with Crippen molar-refractivity contribution in [2.75, 3.05) is 6.61 Å². The third kappa shape index (κ3) is 3.76. The van der Waals surface area contributed by atoms with Crippen LogP contribution in [-0.4, -0.2) is 11.7 Å². The molecular formula is C18H28O2. The Hall–Kier alpha value is -1.02. The number of rotatable bonds is 5. The largest absolute Gasteiger partial charge is 0.494 e. The summed E-state index contributed by atoms with van der Waals surface area (Å²) in [6, 6.07) is 8.01. The van der Waals surface area contributed by atoms with E-state index in [9.17, 15) is 5.11 Å². The molecule has 2 atom stereocenters. The van der Waals surface area contributed by atoms with Crippen LogP contribution in [0.15, 0.2) is 24.3 Å². The number of benzene rings is 1. The van der Waals surface area contributed by atoms with Crippen LogP contribution in [0.25, 0.3) is 0 Å². The lowest BCUT2D eigenvalue weighted by molar-refractivity contribution is -0.0244. The van der Waals surface area contributed by atoms with Crippen molar-refractivity contribution in [1.29, 1.82) is 0 Å². The summed E-state index contributed by atoms with van der Waals surface area (Å²) >= 11 is 0. The first-order valence-corrected chi connectivity index (χ1v) is 7.99. The summed E-state index contributed by atoms with van der Waals surface area (Å²) in [5.74, 6) is 2.25. The molecule has 20 heavy (non-hydrogen) atoms. The molecule has 0 radical (unpaired) electrons. The Morgan fingerprint density at radius 2 is 2.00 bits per heavy atom. The van der Waals surface area contributed by atoms with Crippen LogP contribution < -0.4 is 4.74 Å². The molecule has 1 aliphatic rings. The highest BCUT2D eigenvalue weighted by molar-refractivity contribution is 5.31. The Balaban J connectivity index is 2.08. The molecule has 1 aromatic carbocycles. The minimum absolute atomic E-state index is 0.636. The smallest absolute Gasteiger partial charge is 0.119 e. The van der Waals surface area contributed by atoms with Crippen LogP contribution >= 0.6 is 0 Å². The van der Waals surface area contributed by atoms with Crippen LogP contribution in [0.1, 0.15) is 58.4 Å². The van der Waals surface area contributed by atoms with Crippen LogP contribution in [0, 0.1) is 11.8 Å². The van der Waals surface area contributed by atoms with E-state index in [1.54, 1.807) is 0 Å². The highest BCUT2D eigenvalue weighted by Gasteiger charge is 2.35. The van der Waals surface area contributed by atoms with Gasteiger partial charge in [0.1, 0.15) is 5.75 Å². The van der Waals surface area contributed by atoms with Gasteiger partial charge in [-0.2, -0.15) is 0 Å². The molecule has 112 valence electrons. The monoisotopic (exact) mass is 276 g/mol. The maximum atomic E-state index is 11.0. The lowest BCUT2D eigenvalue weighted by Crippen LogP contribution is -2.33. The summed E-state index contributed by atoms with van der Waals surface area (Å²) < 4.78 is 5.47. The Labute approximate surface area is 123 Å². The molecule has 0 aliphatic heterocycles. The van der Waals surface area contributed by atoms with Gasteiger partial charge in [0.15, 0.2) is 0 Å². The normalized spacial score (nSPS) is 26.8. The average molecular weight is 276 g/mol. The van der Waals surface area contributed by atoms with Crippen LogP contribution in [-0.2, 0) is 5.60 Å². The van der Waals surface area contributed by atoms with E-state index < -0.39 is 5.60 Å². The number of aliphatic hydroxyl groups is 1. The highest BCUT2D eigenvalue weighted by Crippen LogP contribution is 2.42. The van der Waals surface area contributed by atoms with E-state index in [-0.39, 0.29) is 0 Å². The molecule has 0 bridgehead atoms. The van der Waals surface area contributed by atoms with E-state index in [4.69, 9.17) is 4.74 Å². The van der Waals surface area contributed by atoms with E-state index in [1.165, 1.54) is 12.8 Å². The van der Waals surface area contributed by atoms with Crippen molar-refractivity contribution >= 4 is 0 Å². The van der Waals surface area contributed by atoms with E-state index >= 15 is 0 Å². The van der Waals surface area contributed by atoms with Gasteiger partial charge in [0.25, 0.3) is 0 Å². The van der Waals surface area contributed by atoms with Gasteiger partial charge < -0.3 is 9.84 Å². The second-order valence-corrected chi connectivity index (χ2v) is 6.58. The summed E-state index contributed by atoms with van der Waals surface area (Å²) in [5, 5.41) is 11.0. The fourth-order valence-electron chi connectivity index (χ4n) is 3.52. The maximum absolute atomic E-state index is 11.0. The predicted octanol–water partition coefficient (Wildman–Crippen LogP) is 4.51. The van der Waals surface area contributed by atoms with Gasteiger partial charge in [-0.1, -0.05) is 32.4 Å². The first-order chi connectivity index (χ1) is 9.53.